The van der Waals surface area contributed by atoms with Crippen LogP contribution in [0.25, 0.3) is 0 Å². The topological polar surface area (TPSA) is 27.7 Å². The second-order valence-electron chi connectivity index (χ2n) is 4.19. The number of ether oxygens (including phenoxy) is 3. The zero-order valence-corrected chi connectivity index (χ0v) is 10.5. The van der Waals surface area contributed by atoms with Gasteiger partial charge >= 0.3 is 0 Å². The fraction of sp³-hybridized carbons (Fsp3) is 0.571. The van der Waals surface area contributed by atoms with Gasteiger partial charge in [-0.05, 0) is 31.0 Å². The van der Waals surface area contributed by atoms with E-state index < -0.39 is 0 Å². The van der Waals surface area contributed by atoms with E-state index in [1.165, 1.54) is 0 Å². The molecule has 0 radical (unpaired) electrons. The molecule has 3 heteroatoms. The van der Waals surface area contributed by atoms with Crippen molar-refractivity contribution in [2.45, 2.75) is 32.5 Å². The summed E-state index contributed by atoms with van der Waals surface area (Å²) in [6.07, 6.45) is 1.33. The Bertz CT molecular complexity index is 326. The van der Waals surface area contributed by atoms with Gasteiger partial charge in [-0.1, -0.05) is 19.1 Å². The van der Waals surface area contributed by atoms with E-state index in [-0.39, 0.29) is 12.2 Å². The molecule has 1 aromatic carbocycles. The second kappa shape index (κ2) is 6.03. The minimum atomic E-state index is 0.0634. The summed E-state index contributed by atoms with van der Waals surface area (Å²) in [6.45, 7) is 6.13. The van der Waals surface area contributed by atoms with Crippen LogP contribution in [0.2, 0.25) is 0 Å². The van der Waals surface area contributed by atoms with Crippen LogP contribution in [-0.4, -0.2) is 25.9 Å². The molecule has 1 heterocycles. The summed E-state index contributed by atoms with van der Waals surface area (Å²) in [5.41, 5.74) is 1.16. The number of hydrogen-bond acceptors (Lipinski definition) is 3. The first-order valence-electron chi connectivity index (χ1n) is 6.29. The van der Waals surface area contributed by atoms with Gasteiger partial charge in [0.1, 0.15) is 11.9 Å². The molecule has 1 aliphatic heterocycles. The van der Waals surface area contributed by atoms with Crippen LogP contribution in [0.5, 0.6) is 5.75 Å². The lowest BCUT2D eigenvalue weighted by Gasteiger charge is -2.29. The van der Waals surface area contributed by atoms with Crippen LogP contribution < -0.4 is 4.74 Å². The third-order valence-electron chi connectivity index (χ3n) is 2.98. The zero-order chi connectivity index (χ0) is 12.1. The Morgan fingerprint density at radius 2 is 1.88 bits per heavy atom. The zero-order valence-electron chi connectivity index (χ0n) is 10.5. The van der Waals surface area contributed by atoms with Crippen LogP contribution in [0.3, 0.4) is 0 Å². The van der Waals surface area contributed by atoms with Gasteiger partial charge in [-0.15, -0.1) is 0 Å². The Labute approximate surface area is 103 Å². The predicted molar refractivity (Wildman–Crippen MR) is 66.3 cm³/mol. The molecule has 0 N–H and O–H groups in total. The van der Waals surface area contributed by atoms with Crippen molar-refractivity contribution in [3.63, 3.8) is 0 Å². The predicted octanol–water partition coefficient (Wildman–Crippen LogP) is 2.95. The summed E-state index contributed by atoms with van der Waals surface area (Å²) in [4.78, 5) is 0. The number of benzene rings is 1. The van der Waals surface area contributed by atoms with Gasteiger partial charge in [0.2, 0.25) is 0 Å². The average Bonchev–Trinajstić information content (AvgIpc) is 2.40. The Balaban J connectivity index is 1.94. The smallest absolute Gasteiger partial charge is 0.119 e. The fourth-order valence-corrected chi connectivity index (χ4v) is 1.92. The lowest BCUT2D eigenvalue weighted by molar-refractivity contribution is -0.135. The molecule has 1 aromatic rings. The third-order valence-corrected chi connectivity index (χ3v) is 2.98. The van der Waals surface area contributed by atoms with Crippen molar-refractivity contribution >= 4 is 0 Å². The first kappa shape index (κ1) is 12.4. The van der Waals surface area contributed by atoms with Gasteiger partial charge in [-0.2, -0.15) is 0 Å². The van der Waals surface area contributed by atoms with Crippen molar-refractivity contribution in [2.24, 2.45) is 0 Å². The van der Waals surface area contributed by atoms with Crippen molar-refractivity contribution in [2.75, 3.05) is 19.8 Å². The van der Waals surface area contributed by atoms with E-state index in [0.717, 1.165) is 17.7 Å². The molecule has 0 unspecified atom stereocenters. The molecule has 1 saturated heterocycles. The van der Waals surface area contributed by atoms with Gasteiger partial charge in [-0.3, -0.25) is 0 Å². The third kappa shape index (κ3) is 3.20. The molecule has 17 heavy (non-hydrogen) atoms. The highest BCUT2D eigenvalue weighted by atomic mass is 16.6. The van der Waals surface area contributed by atoms with Crippen molar-refractivity contribution < 1.29 is 14.2 Å². The van der Waals surface area contributed by atoms with Gasteiger partial charge in [0.15, 0.2) is 0 Å². The van der Waals surface area contributed by atoms with Crippen molar-refractivity contribution in [3.8, 4) is 5.75 Å². The Morgan fingerprint density at radius 1 is 1.12 bits per heavy atom. The lowest BCUT2D eigenvalue weighted by atomic mass is 10.1. The van der Waals surface area contributed by atoms with E-state index in [1.54, 1.807) is 0 Å². The summed E-state index contributed by atoms with van der Waals surface area (Å²) in [6, 6.07) is 8.05. The maximum atomic E-state index is 5.80. The van der Waals surface area contributed by atoms with Crippen LogP contribution in [0, 0.1) is 0 Å². The minimum Gasteiger partial charge on any atom is -0.494 e. The molecule has 0 amide bonds. The highest BCUT2D eigenvalue weighted by Gasteiger charge is 2.22. The molecule has 94 valence electrons. The molecule has 0 aromatic heterocycles. The summed E-state index contributed by atoms with van der Waals surface area (Å²) in [5.74, 6) is 0.902. The minimum absolute atomic E-state index is 0.0634. The van der Waals surface area contributed by atoms with Gasteiger partial charge in [0.25, 0.3) is 0 Å². The molecule has 0 aliphatic carbocycles. The molecule has 0 bridgehead atoms. The van der Waals surface area contributed by atoms with Crippen molar-refractivity contribution in [3.05, 3.63) is 29.8 Å². The highest BCUT2D eigenvalue weighted by molar-refractivity contribution is 5.28. The molecule has 2 rings (SSSR count). The molecule has 1 aliphatic rings. The maximum absolute atomic E-state index is 5.80. The average molecular weight is 236 g/mol. The first-order chi connectivity index (χ1) is 8.33. The Kier molecular flexibility index (Phi) is 4.40. The monoisotopic (exact) mass is 236 g/mol. The summed E-state index contributed by atoms with van der Waals surface area (Å²) < 4.78 is 16.9. The van der Waals surface area contributed by atoms with Gasteiger partial charge in [0, 0.05) is 0 Å². The second-order valence-corrected chi connectivity index (χ2v) is 4.19. The van der Waals surface area contributed by atoms with Crippen molar-refractivity contribution in [1.82, 2.24) is 0 Å². The van der Waals surface area contributed by atoms with E-state index in [0.29, 0.717) is 19.8 Å². The van der Waals surface area contributed by atoms with E-state index in [9.17, 15) is 0 Å². The highest BCUT2D eigenvalue weighted by Crippen LogP contribution is 2.25. The number of hydrogen-bond donors (Lipinski definition) is 0. The van der Waals surface area contributed by atoms with Crippen LogP contribution in [-0.2, 0) is 9.47 Å². The molecule has 1 fully saturated rings. The SMILES string of the molecule is CCOc1ccc([C@H]2CO[C@H](CC)CO2)cc1. The standard InChI is InChI=1S/C14H20O3/c1-3-12-9-17-14(10-16-12)11-5-7-13(8-6-11)15-4-2/h5-8,12,14H,3-4,9-10H2,1-2H3/t12-,14-/m1/s1. The largest absolute Gasteiger partial charge is 0.494 e. The molecule has 0 saturated carbocycles. The molecule has 2 atom stereocenters. The normalized spacial score (nSPS) is 24.6. The van der Waals surface area contributed by atoms with E-state index in [1.807, 2.05) is 31.2 Å². The van der Waals surface area contributed by atoms with Crippen LogP contribution in [0.15, 0.2) is 24.3 Å². The molecule has 0 spiro atoms. The molecular weight excluding hydrogens is 216 g/mol. The lowest BCUT2D eigenvalue weighted by Crippen LogP contribution is -2.30. The first-order valence-corrected chi connectivity index (χ1v) is 6.29. The Hall–Kier alpha value is -1.06. The summed E-state index contributed by atoms with van der Waals surface area (Å²) in [7, 11) is 0. The van der Waals surface area contributed by atoms with Crippen LogP contribution in [0.1, 0.15) is 31.9 Å². The van der Waals surface area contributed by atoms with Gasteiger partial charge < -0.3 is 14.2 Å². The summed E-state index contributed by atoms with van der Waals surface area (Å²) in [5, 5.41) is 0. The van der Waals surface area contributed by atoms with Crippen molar-refractivity contribution in [1.29, 1.82) is 0 Å². The molecule has 3 nitrogen and oxygen atoms in total. The molecular formula is C14H20O3. The maximum Gasteiger partial charge on any atom is 0.119 e. The fourth-order valence-electron chi connectivity index (χ4n) is 1.92. The van der Waals surface area contributed by atoms with Crippen LogP contribution in [0.4, 0.5) is 0 Å². The Morgan fingerprint density at radius 3 is 2.41 bits per heavy atom. The van der Waals surface area contributed by atoms with E-state index in [2.05, 4.69) is 6.92 Å². The van der Waals surface area contributed by atoms with Gasteiger partial charge in [0.05, 0.1) is 25.9 Å². The van der Waals surface area contributed by atoms with E-state index in [4.69, 9.17) is 14.2 Å². The van der Waals surface area contributed by atoms with Gasteiger partial charge in [-0.25, -0.2) is 0 Å². The van der Waals surface area contributed by atoms with Crippen LogP contribution >= 0.6 is 0 Å². The van der Waals surface area contributed by atoms with E-state index >= 15 is 0 Å². The summed E-state index contributed by atoms with van der Waals surface area (Å²) >= 11 is 0. The number of rotatable bonds is 4. The quantitative estimate of drug-likeness (QED) is 0.804.